The largest absolute Gasteiger partial charge is 0.379 e. The van der Waals surface area contributed by atoms with Gasteiger partial charge in [-0.2, -0.15) is 0 Å². The van der Waals surface area contributed by atoms with E-state index in [2.05, 4.69) is 20.3 Å². The van der Waals surface area contributed by atoms with Crippen LogP contribution in [0.1, 0.15) is 6.92 Å². The second-order valence-corrected chi connectivity index (χ2v) is 7.54. The van der Waals surface area contributed by atoms with E-state index in [4.69, 9.17) is 17.0 Å². The molecule has 134 valence electrons. The number of nitrogens with zero attached hydrogens (tertiary/aromatic N) is 1. The average molecular weight is 373 g/mol. The molecule has 0 saturated carbocycles. The van der Waals surface area contributed by atoms with Gasteiger partial charge in [0.15, 0.2) is 5.11 Å². The predicted molar refractivity (Wildman–Crippen MR) is 98.8 cm³/mol. The van der Waals surface area contributed by atoms with E-state index in [1.165, 1.54) is 0 Å². The second kappa shape index (κ2) is 9.28. The lowest BCUT2D eigenvalue weighted by Crippen LogP contribution is -2.42. The first-order valence-electron chi connectivity index (χ1n) is 7.96. The summed E-state index contributed by atoms with van der Waals surface area (Å²) >= 11 is 5.25. The third-order valence-electron chi connectivity index (χ3n) is 3.57. The zero-order valence-corrected chi connectivity index (χ0v) is 15.4. The molecule has 0 atom stereocenters. The number of rotatable bonds is 7. The highest BCUT2D eigenvalue weighted by molar-refractivity contribution is 7.89. The standard InChI is InChI=1S/C15H24N4O3S2/c1-2-17-24(20,21)14-5-3-13(4-6-14)18-15(23)16-7-8-19-9-11-22-12-10-19/h3-6,17H,2,7-12H2,1H3,(H2,16,18,23). The molecule has 0 radical (unpaired) electrons. The van der Waals surface area contributed by atoms with Gasteiger partial charge in [-0.1, -0.05) is 6.92 Å². The number of sulfonamides is 1. The predicted octanol–water partition coefficient (Wildman–Crippen LogP) is 0.603. The van der Waals surface area contributed by atoms with Crippen molar-refractivity contribution in [1.82, 2.24) is 14.9 Å². The fourth-order valence-electron chi connectivity index (χ4n) is 2.32. The summed E-state index contributed by atoms with van der Waals surface area (Å²) in [4.78, 5) is 2.56. The Kier molecular flexibility index (Phi) is 7.38. The number of hydrogen-bond donors (Lipinski definition) is 3. The van der Waals surface area contributed by atoms with Crippen LogP contribution in [0.2, 0.25) is 0 Å². The summed E-state index contributed by atoms with van der Waals surface area (Å²) in [6, 6.07) is 6.49. The number of nitrogens with one attached hydrogen (secondary N) is 3. The van der Waals surface area contributed by atoms with Crippen LogP contribution in [0.4, 0.5) is 5.69 Å². The number of morpholine rings is 1. The van der Waals surface area contributed by atoms with Gasteiger partial charge in [0.1, 0.15) is 0 Å². The fraction of sp³-hybridized carbons (Fsp3) is 0.533. The van der Waals surface area contributed by atoms with Crippen LogP contribution in [-0.4, -0.2) is 64.4 Å². The van der Waals surface area contributed by atoms with Crippen LogP contribution in [0.15, 0.2) is 29.2 Å². The SMILES string of the molecule is CCNS(=O)(=O)c1ccc(NC(=S)NCCN2CCOCC2)cc1. The summed E-state index contributed by atoms with van der Waals surface area (Å²) in [6.45, 7) is 7.22. The van der Waals surface area contributed by atoms with E-state index in [0.717, 1.165) is 45.1 Å². The van der Waals surface area contributed by atoms with Crippen molar-refractivity contribution in [3.05, 3.63) is 24.3 Å². The third-order valence-corrected chi connectivity index (χ3v) is 5.38. The lowest BCUT2D eigenvalue weighted by Gasteiger charge is -2.26. The lowest BCUT2D eigenvalue weighted by molar-refractivity contribution is 0.0389. The van der Waals surface area contributed by atoms with Crippen LogP contribution in [-0.2, 0) is 14.8 Å². The van der Waals surface area contributed by atoms with Gasteiger partial charge in [-0.25, -0.2) is 13.1 Å². The van der Waals surface area contributed by atoms with Crippen molar-refractivity contribution in [3.63, 3.8) is 0 Å². The van der Waals surface area contributed by atoms with E-state index in [0.29, 0.717) is 11.7 Å². The van der Waals surface area contributed by atoms with Crippen molar-refractivity contribution in [2.45, 2.75) is 11.8 Å². The molecule has 1 fully saturated rings. The summed E-state index contributed by atoms with van der Waals surface area (Å²) < 4.78 is 31.5. The second-order valence-electron chi connectivity index (χ2n) is 5.36. The zero-order chi connectivity index (χ0) is 17.4. The Morgan fingerprint density at radius 3 is 2.54 bits per heavy atom. The number of thiocarbonyl (C=S) groups is 1. The van der Waals surface area contributed by atoms with Gasteiger partial charge in [0.2, 0.25) is 10.0 Å². The molecule has 7 nitrogen and oxygen atoms in total. The number of hydrogen-bond acceptors (Lipinski definition) is 5. The maximum absolute atomic E-state index is 11.9. The first-order chi connectivity index (χ1) is 11.5. The van der Waals surface area contributed by atoms with Crippen molar-refractivity contribution >= 4 is 33.0 Å². The molecule has 24 heavy (non-hydrogen) atoms. The highest BCUT2D eigenvalue weighted by Gasteiger charge is 2.12. The topological polar surface area (TPSA) is 82.7 Å². The molecule has 2 rings (SSSR count). The maximum atomic E-state index is 11.9. The summed E-state index contributed by atoms with van der Waals surface area (Å²) in [6.07, 6.45) is 0. The normalized spacial score (nSPS) is 15.9. The smallest absolute Gasteiger partial charge is 0.240 e. The minimum atomic E-state index is -3.42. The van der Waals surface area contributed by atoms with Gasteiger partial charge in [0.25, 0.3) is 0 Å². The molecule has 0 spiro atoms. The first kappa shape index (κ1) is 19.1. The molecule has 3 N–H and O–H groups in total. The zero-order valence-electron chi connectivity index (χ0n) is 13.7. The number of ether oxygens (including phenoxy) is 1. The van der Waals surface area contributed by atoms with Crippen LogP contribution < -0.4 is 15.4 Å². The van der Waals surface area contributed by atoms with Gasteiger partial charge in [0.05, 0.1) is 18.1 Å². The van der Waals surface area contributed by atoms with Gasteiger partial charge < -0.3 is 15.4 Å². The van der Waals surface area contributed by atoms with E-state index in [1.807, 2.05) is 0 Å². The van der Waals surface area contributed by atoms with Crippen LogP contribution >= 0.6 is 12.2 Å². The Labute approximate surface area is 148 Å². The van der Waals surface area contributed by atoms with Crippen molar-refractivity contribution in [2.24, 2.45) is 0 Å². The van der Waals surface area contributed by atoms with Crippen LogP contribution in [0.5, 0.6) is 0 Å². The Hall–Kier alpha value is -1.26. The number of anilines is 1. The third kappa shape index (κ3) is 5.99. The summed E-state index contributed by atoms with van der Waals surface area (Å²) in [7, 11) is -3.42. The molecular weight excluding hydrogens is 348 g/mol. The lowest BCUT2D eigenvalue weighted by atomic mass is 10.3. The van der Waals surface area contributed by atoms with Gasteiger partial charge in [-0.05, 0) is 36.5 Å². The van der Waals surface area contributed by atoms with Crippen LogP contribution in [0, 0.1) is 0 Å². The molecule has 0 unspecified atom stereocenters. The summed E-state index contributed by atoms with van der Waals surface area (Å²) in [5, 5.41) is 6.72. The fourth-order valence-corrected chi connectivity index (χ4v) is 3.58. The quantitative estimate of drug-likeness (QED) is 0.605. The van der Waals surface area contributed by atoms with E-state index in [1.54, 1.807) is 31.2 Å². The highest BCUT2D eigenvalue weighted by atomic mass is 32.2. The van der Waals surface area contributed by atoms with Crippen molar-refractivity contribution in [1.29, 1.82) is 0 Å². The Morgan fingerprint density at radius 2 is 1.92 bits per heavy atom. The first-order valence-corrected chi connectivity index (χ1v) is 9.85. The number of benzene rings is 1. The molecule has 9 heteroatoms. The van der Waals surface area contributed by atoms with Crippen molar-refractivity contribution in [3.8, 4) is 0 Å². The van der Waals surface area contributed by atoms with Gasteiger partial charge in [-0.3, -0.25) is 4.90 Å². The van der Waals surface area contributed by atoms with E-state index < -0.39 is 10.0 Å². The molecule has 1 saturated heterocycles. The molecule has 1 heterocycles. The molecular formula is C15H24N4O3S2. The molecule has 0 bridgehead atoms. The summed E-state index contributed by atoms with van der Waals surface area (Å²) in [5.41, 5.74) is 0.745. The average Bonchev–Trinajstić information content (AvgIpc) is 2.56. The van der Waals surface area contributed by atoms with Gasteiger partial charge >= 0.3 is 0 Å². The van der Waals surface area contributed by atoms with E-state index in [-0.39, 0.29) is 4.90 Å². The minimum Gasteiger partial charge on any atom is -0.379 e. The van der Waals surface area contributed by atoms with Crippen LogP contribution in [0.3, 0.4) is 0 Å². The van der Waals surface area contributed by atoms with E-state index >= 15 is 0 Å². The Morgan fingerprint density at radius 1 is 1.25 bits per heavy atom. The Balaban J connectivity index is 1.77. The summed E-state index contributed by atoms with van der Waals surface area (Å²) in [5.74, 6) is 0. The minimum absolute atomic E-state index is 0.237. The van der Waals surface area contributed by atoms with E-state index in [9.17, 15) is 8.42 Å². The monoisotopic (exact) mass is 372 g/mol. The Bertz CT molecular complexity index is 629. The van der Waals surface area contributed by atoms with Crippen molar-refractivity contribution in [2.75, 3.05) is 51.3 Å². The highest BCUT2D eigenvalue weighted by Crippen LogP contribution is 2.13. The molecule has 0 aromatic heterocycles. The van der Waals surface area contributed by atoms with Crippen LogP contribution in [0.25, 0.3) is 0 Å². The molecule has 1 aliphatic rings. The molecule has 0 amide bonds. The van der Waals surface area contributed by atoms with Gasteiger partial charge in [0, 0.05) is 38.4 Å². The van der Waals surface area contributed by atoms with Crippen molar-refractivity contribution < 1.29 is 13.2 Å². The molecule has 1 aromatic rings. The van der Waals surface area contributed by atoms with Gasteiger partial charge in [-0.15, -0.1) is 0 Å². The molecule has 1 aliphatic heterocycles. The molecule has 1 aromatic carbocycles. The maximum Gasteiger partial charge on any atom is 0.240 e. The molecule has 0 aliphatic carbocycles.